The van der Waals surface area contributed by atoms with Gasteiger partial charge in [-0.1, -0.05) is 48.5 Å². The standard InChI is InChI=1S/C23H21IN2O2/c24-20-10-3-4-11-21(20)25-22(27)17-12-14-26(15-13-17)23(28)19-9-5-7-16-6-1-2-8-18(16)19/h1-11,17H,12-15H2,(H,25,27). The summed E-state index contributed by atoms with van der Waals surface area (Å²) in [7, 11) is 0. The summed E-state index contributed by atoms with van der Waals surface area (Å²) in [6.45, 7) is 1.21. The van der Waals surface area contributed by atoms with Crippen molar-refractivity contribution in [1.82, 2.24) is 4.90 Å². The monoisotopic (exact) mass is 484 g/mol. The SMILES string of the molecule is O=C(Nc1ccccc1I)C1CCN(C(=O)c2cccc3ccccc23)CC1. The summed E-state index contributed by atoms with van der Waals surface area (Å²) in [6, 6.07) is 21.6. The molecule has 1 saturated heterocycles. The van der Waals surface area contributed by atoms with Gasteiger partial charge in [-0.3, -0.25) is 9.59 Å². The van der Waals surface area contributed by atoms with Crippen LogP contribution in [0.25, 0.3) is 10.8 Å². The molecule has 142 valence electrons. The lowest BCUT2D eigenvalue weighted by atomic mass is 9.94. The third kappa shape index (κ3) is 3.90. The summed E-state index contributed by atoms with van der Waals surface area (Å²) in [5.41, 5.74) is 1.59. The average Bonchev–Trinajstić information content (AvgIpc) is 2.74. The van der Waals surface area contributed by atoms with E-state index in [0.29, 0.717) is 25.9 Å². The van der Waals surface area contributed by atoms with Crippen molar-refractivity contribution in [2.45, 2.75) is 12.8 Å². The van der Waals surface area contributed by atoms with Crippen LogP contribution in [0.3, 0.4) is 0 Å². The molecule has 1 fully saturated rings. The van der Waals surface area contributed by atoms with Gasteiger partial charge in [0.1, 0.15) is 0 Å². The molecule has 0 unspecified atom stereocenters. The number of fused-ring (bicyclic) bond motifs is 1. The lowest BCUT2D eigenvalue weighted by molar-refractivity contribution is -0.121. The number of hydrogen-bond acceptors (Lipinski definition) is 2. The number of hydrogen-bond donors (Lipinski definition) is 1. The number of halogens is 1. The number of para-hydroxylation sites is 1. The van der Waals surface area contributed by atoms with Crippen LogP contribution in [0, 0.1) is 9.49 Å². The Morgan fingerprint density at radius 3 is 2.36 bits per heavy atom. The van der Waals surface area contributed by atoms with Crippen molar-refractivity contribution < 1.29 is 9.59 Å². The van der Waals surface area contributed by atoms with Crippen molar-refractivity contribution in [2.24, 2.45) is 5.92 Å². The highest BCUT2D eigenvalue weighted by atomic mass is 127. The number of rotatable bonds is 3. The molecule has 0 aromatic heterocycles. The Morgan fingerprint density at radius 2 is 1.57 bits per heavy atom. The van der Waals surface area contributed by atoms with Crippen molar-refractivity contribution >= 4 is 50.9 Å². The van der Waals surface area contributed by atoms with Gasteiger partial charge in [-0.15, -0.1) is 0 Å². The van der Waals surface area contributed by atoms with Gasteiger partial charge in [-0.25, -0.2) is 0 Å². The van der Waals surface area contributed by atoms with Crippen molar-refractivity contribution in [1.29, 1.82) is 0 Å². The maximum Gasteiger partial charge on any atom is 0.254 e. The van der Waals surface area contributed by atoms with E-state index in [2.05, 4.69) is 27.9 Å². The molecule has 2 amide bonds. The molecule has 0 radical (unpaired) electrons. The molecule has 28 heavy (non-hydrogen) atoms. The summed E-state index contributed by atoms with van der Waals surface area (Å²) in [4.78, 5) is 27.5. The zero-order valence-electron chi connectivity index (χ0n) is 15.4. The Labute approximate surface area is 178 Å². The Balaban J connectivity index is 1.42. The predicted octanol–water partition coefficient (Wildman–Crippen LogP) is 4.94. The number of amides is 2. The van der Waals surface area contributed by atoms with Crippen molar-refractivity contribution in [3.63, 3.8) is 0 Å². The van der Waals surface area contributed by atoms with E-state index in [1.165, 1.54) is 0 Å². The van der Waals surface area contributed by atoms with Gasteiger partial charge in [-0.05, 0) is 64.4 Å². The molecule has 1 heterocycles. The summed E-state index contributed by atoms with van der Waals surface area (Å²) in [6.07, 6.45) is 1.37. The third-order valence-electron chi connectivity index (χ3n) is 5.30. The fourth-order valence-electron chi connectivity index (χ4n) is 3.72. The molecule has 5 heteroatoms. The summed E-state index contributed by atoms with van der Waals surface area (Å²) in [5.74, 6) is 0.0298. The van der Waals surface area contributed by atoms with Crippen molar-refractivity contribution in [2.75, 3.05) is 18.4 Å². The molecule has 0 saturated carbocycles. The summed E-state index contributed by atoms with van der Waals surface area (Å²) in [5, 5.41) is 5.08. The number of likely N-dealkylation sites (tertiary alicyclic amines) is 1. The van der Waals surface area contributed by atoms with Crippen LogP contribution in [0.5, 0.6) is 0 Å². The van der Waals surface area contributed by atoms with Crippen LogP contribution in [0.1, 0.15) is 23.2 Å². The minimum Gasteiger partial charge on any atom is -0.339 e. The second-order valence-electron chi connectivity index (χ2n) is 7.06. The van der Waals surface area contributed by atoms with Crippen LogP contribution >= 0.6 is 22.6 Å². The zero-order chi connectivity index (χ0) is 19.5. The van der Waals surface area contributed by atoms with E-state index in [-0.39, 0.29) is 17.7 Å². The number of piperidine rings is 1. The molecular weight excluding hydrogens is 463 g/mol. The van der Waals surface area contributed by atoms with E-state index in [1.807, 2.05) is 71.6 Å². The number of anilines is 1. The highest BCUT2D eigenvalue weighted by Crippen LogP contribution is 2.25. The van der Waals surface area contributed by atoms with Gasteiger partial charge in [-0.2, -0.15) is 0 Å². The second-order valence-corrected chi connectivity index (χ2v) is 8.22. The van der Waals surface area contributed by atoms with Crippen LogP contribution < -0.4 is 5.32 Å². The lowest BCUT2D eigenvalue weighted by Gasteiger charge is -2.31. The molecule has 0 bridgehead atoms. The van der Waals surface area contributed by atoms with Crippen LogP contribution in [0.4, 0.5) is 5.69 Å². The molecule has 0 aliphatic carbocycles. The Morgan fingerprint density at radius 1 is 0.893 bits per heavy atom. The first-order valence-electron chi connectivity index (χ1n) is 9.46. The second kappa shape index (κ2) is 8.31. The molecule has 4 nitrogen and oxygen atoms in total. The van der Waals surface area contributed by atoms with Gasteiger partial charge in [0.05, 0.1) is 5.69 Å². The highest BCUT2D eigenvalue weighted by Gasteiger charge is 2.28. The van der Waals surface area contributed by atoms with Gasteiger partial charge in [0, 0.05) is 28.1 Å². The summed E-state index contributed by atoms with van der Waals surface area (Å²) >= 11 is 2.22. The molecule has 1 aliphatic heterocycles. The van der Waals surface area contributed by atoms with Crippen LogP contribution in [-0.2, 0) is 4.79 Å². The van der Waals surface area contributed by atoms with Gasteiger partial charge in [0.2, 0.25) is 5.91 Å². The van der Waals surface area contributed by atoms with Gasteiger partial charge in [0.25, 0.3) is 5.91 Å². The van der Waals surface area contributed by atoms with E-state index in [0.717, 1.165) is 25.6 Å². The average molecular weight is 484 g/mol. The molecule has 3 aromatic rings. The Hall–Kier alpha value is -2.41. The number of carbonyl (C=O) groups excluding carboxylic acids is 2. The third-order valence-corrected chi connectivity index (χ3v) is 6.25. The maximum absolute atomic E-state index is 13.1. The highest BCUT2D eigenvalue weighted by molar-refractivity contribution is 14.1. The van der Waals surface area contributed by atoms with Crippen LogP contribution in [-0.4, -0.2) is 29.8 Å². The van der Waals surface area contributed by atoms with E-state index in [1.54, 1.807) is 0 Å². The van der Waals surface area contributed by atoms with Crippen LogP contribution in [0.2, 0.25) is 0 Å². The number of carbonyl (C=O) groups is 2. The fraction of sp³-hybridized carbons (Fsp3) is 0.217. The van der Waals surface area contributed by atoms with Gasteiger partial charge >= 0.3 is 0 Å². The van der Waals surface area contributed by atoms with E-state index >= 15 is 0 Å². The van der Waals surface area contributed by atoms with Crippen molar-refractivity contribution in [3.8, 4) is 0 Å². The molecule has 1 N–H and O–H groups in total. The minimum absolute atomic E-state index is 0.0429. The first kappa shape index (κ1) is 18.9. The molecule has 3 aromatic carbocycles. The summed E-state index contributed by atoms with van der Waals surface area (Å²) < 4.78 is 1.03. The molecular formula is C23H21IN2O2. The Bertz CT molecular complexity index is 1020. The first-order chi connectivity index (χ1) is 13.6. The smallest absolute Gasteiger partial charge is 0.254 e. The van der Waals surface area contributed by atoms with E-state index in [4.69, 9.17) is 0 Å². The molecule has 0 atom stereocenters. The lowest BCUT2D eigenvalue weighted by Crippen LogP contribution is -2.41. The van der Waals surface area contributed by atoms with Crippen LogP contribution in [0.15, 0.2) is 66.7 Å². The quantitative estimate of drug-likeness (QED) is 0.536. The molecule has 4 rings (SSSR count). The van der Waals surface area contributed by atoms with Gasteiger partial charge in [0.15, 0.2) is 0 Å². The maximum atomic E-state index is 13.1. The Kier molecular flexibility index (Phi) is 5.62. The number of benzene rings is 3. The van der Waals surface area contributed by atoms with E-state index < -0.39 is 0 Å². The minimum atomic E-state index is -0.0624. The largest absolute Gasteiger partial charge is 0.339 e. The molecule has 0 spiro atoms. The van der Waals surface area contributed by atoms with Gasteiger partial charge < -0.3 is 10.2 Å². The normalized spacial score (nSPS) is 14.8. The first-order valence-corrected chi connectivity index (χ1v) is 10.5. The predicted molar refractivity (Wildman–Crippen MR) is 120 cm³/mol. The topological polar surface area (TPSA) is 49.4 Å². The van der Waals surface area contributed by atoms with Crippen molar-refractivity contribution in [3.05, 3.63) is 75.9 Å². The number of nitrogens with zero attached hydrogens (tertiary/aromatic N) is 1. The number of nitrogens with one attached hydrogen (secondary N) is 1. The fourth-order valence-corrected chi connectivity index (χ4v) is 4.25. The van der Waals surface area contributed by atoms with E-state index in [9.17, 15) is 9.59 Å². The zero-order valence-corrected chi connectivity index (χ0v) is 17.6. The molecule has 1 aliphatic rings.